The lowest BCUT2D eigenvalue weighted by Gasteiger charge is -2.12. The molecule has 6 nitrogen and oxygen atoms in total. The molecule has 0 bridgehead atoms. The van der Waals surface area contributed by atoms with Gasteiger partial charge in [0, 0.05) is 11.4 Å². The van der Waals surface area contributed by atoms with Gasteiger partial charge in [-0.25, -0.2) is 0 Å². The Hall–Kier alpha value is -3.76. The molecule has 32 heavy (non-hydrogen) atoms. The zero-order valence-electron chi connectivity index (χ0n) is 17.9. The number of nitriles is 1. The van der Waals surface area contributed by atoms with Crippen LogP contribution in [0.15, 0.2) is 78.0 Å². The summed E-state index contributed by atoms with van der Waals surface area (Å²) in [6.45, 7) is 2.33. The third kappa shape index (κ3) is 5.10. The van der Waals surface area contributed by atoms with Gasteiger partial charge in [0.2, 0.25) is 0 Å². The van der Waals surface area contributed by atoms with Crippen molar-refractivity contribution in [2.45, 2.75) is 24.4 Å². The second kappa shape index (κ2) is 10.0. The third-order valence-electron chi connectivity index (χ3n) is 4.87. The topological polar surface area (TPSA) is 73.0 Å². The summed E-state index contributed by atoms with van der Waals surface area (Å²) in [6, 6.07) is 25.4. The fourth-order valence-electron chi connectivity index (χ4n) is 3.08. The van der Waals surface area contributed by atoms with Gasteiger partial charge in [0.25, 0.3) is 0 Å². The molecule has 0 amide bonds. The molecule has 0 aliphatic heterocycles. The van der Waals surface area contributed by atoms with Crippen molar-refractivity contribution < 1.29 is 9.47 Å². The molecule has 3 aromatic carbocycles. The molecule has 0 saturated heterocycles. The summed E-state index contributed by atoms with van der Waals surface area (Å²) in [6.07, 6.45) is 0. The largest absolute Gasteiger partial charge is 0.497 e. The van der Waals surface area contributed by atoms with Crippen molar-refractivity contribution in [3.8, 4) is 23.3 Å². The van der Waals surface area contributed by atoms with E-state index in [0.29, 0.717) is 23.7 Å². The molecule has 7 heteroatoms. The van der Waals surface area contributed by atoms with Crippen LogP contribution in [-0.4, -0.2) is 21.9 Å². The maximum Gasteiger partial charge on any atom is 0.196 e. The molecule has 160 valence electrons. The first-order chi connectivity index (χ1) is 15.7. The van der Waals surface area contributed by atoms with E-state index < -0.39 is 0 Å². The fourth-order valence-corrected chi connectivity index (χ4v) is 4.01. The normalized spacial score (nSPS) is 10.5. The minimum atomic E-state index is 0.291. The molecule has 0 fully saturated rings. The van der Waals surface area contributed by atoms with Crippen LogP contribution in [0.4, 0.5) is 0 Å². The Labute approximate surface area is 191 Å². The van der Waals surface area contributed by atoms with Crippen LogP contribution in [0.25, 0.3) is 5.69 Å². The summed E-state index contributed by atoms with van der Waals surface area (Å²) in [4.78, 5) is 0. The second-order valence-electron chi connectivity index (χ2n) is 7.13. The van der Waals surface area contributed by atoms with Crippen molar-refractivity contribution in [1.29, 1.82) is 5.26 Å². The average Bonchev–Trinajstić information content (AvgIpc) is 3.25. The van der Waals surface area contributed by atoms with Crippen molar-refractivity contribution in [3.63, 3.8) is 0 Å². The van der Waals surface area contributed by atoms with Gasteiger partial charge in [0.1, 0.15) is 18.1 Å². The lowest BCUT2D eigenvalue weighted by atomic mass is 10.2. The van der Waals surface area contributed by atoms with Crippen LogP contribution in [0, 0.1) is 18.3 Å². The minimum Gasteiger partial charge on any atom is -0.497 e. The zero-order valence-corrected chi connectivity index (χ0v) is 18.7. The smallest absolute Gasteiger partial charge is 0.196 e. The Morgan fingerprint density at radius 2 is 1.59 bits per heavy atom. The lowest BCUT2D eigenvalue weighted by Crippen LogP contribution is -2.06. The number of benzene rings is 3. The number of methoxy groups -OCH3 is 1. The highest BCUT2D eigenvalue weighted by molar-refractivity contribution is 7.98. The second-order valence-corrected chi connectivity index (χ2v) is 8.07. The van der Waals surface area contributed by atoms with Gasteiger partial charge in [0.05, 0.1) is 18.7 Å². The molecule has 0 spiro atoms. The highest BCUT2D eigenvalue weighted by atomic mass is 32.2. The van der Waals surface area contributed by atoms with E-state index in [9.17, 15) is 0 Å². The SMILES string of the molecule is COc1ccc(-n2c(COc3ccc(C)cc3)nnc2SCc2ccc(C#N)cc2)cc1. The standard InChI is InChI=1S/C25H22N4O2S/c1-18-3-11-23(12-4-18)31-16-24-27-28-25(29(24)21-9-13-22(30-2)14-10-21)32-17-20-7-5-19(15-26)6-8-20/h3-14H,16-17H2,1-2H3. The number of rotatable bonds is 8. The monoisotopic (exact) mass is 442 g/mol. The molecule has 0 saturated carbocycles. The summed E-state index contributed by atoms with van der Waals surface area (Å²) < 4.78 is 13.3. The summed E-state index contributed by atoms with van der Waals surface area (Å²) in [5.41, 5.74) is 3.87. The molecule has 0 unspecified atom stereocenters. The number of ether oxygens (including phenoxy) is 2. The third-order valence-corrected chi connectivity index (χ3v) is 5.87. The highest BCUT2D eigenvalue weighted by Gasteiger charge is 2.16. The Bertz CT molecular complexity index is 1210. The molecular weight excluding hydrogens is 420 g/mol. The average molecular weight is 443 g/mol. The van der Waals surface area contributed by atoms with E-state index in [0.717, 1.165) is 27.9 Å². The number of hydrogen-bond donors (Lipinski definition) is 0. The first kappa shape index (κ1) is 21.5. The molecule has 0 atom stereocenters. The van der Waals surface area contributed by atoms with E-state index in [1.165, 1.54) is 5.56 Å². The fraction of sp³-hybridized carbons (Fsp3) is 0.160. The first-order valence-corrected chi connectivity index (χ1v) is 11.0. The van der Waals surface area contributed by atoms with Crippen molar-refractivity contribution in [2.24, 2.45) is 0 Å². The van der Waals surface area contributed by atoms with Crippen LogP contribution in [0.3, 0.4) is 0 Å². The molecule has 4 rings (SSSR count). The number of hydrogen-bond acceptors (Lipinski definition) is 6. The van der Waals surface area contributed by atoms with E-state index >= 15 is 0 Å². The lowest BCUT2D eigenvalue weighted by molar-refractivity contribution is 0.292. The summed E-state index contributed by atoms with van der Waals surface area (Å²) in [5, 5.41) is 18.6. The molecule has 4 aromatic rings. The van der Waals surface area contributed by atoms with E-state index in [2.05, 4.69) is 16.3 Å². The predicted octanol–water partition coefficient (Wildman–Crippen LogP) is 5.33. The van der Waals surface area contributed by atoms with E-state index in [-0.39, 0.29) is 0 Å². The van der Waals surface area contributed by atoms with Gasteiger partial charge in [-0.05, 0) is 61.0 Å². The van der Waals surface area contributed by atoms with Gasteiger partial charge in [0.15, 0.2) is 11.0 Å². The van der Waals surface area contributed by atoms with Gasteiger partial charge >= 0.3 is 0 Å². The van der Waals surface area contributed by atoms with Crippen LogP contribution >= 0.6 is 11.8 Å². The van der Waals surface area contributed by atoms with Gasteiger partial charge in [-0.1, -0.05) is 41.6 Å². The van der Waals surface area contributed by atoms with Crippen LogP contribution in [-0.2, 0) is 12.4 Å². The van der Waals surface area contributed by atoms with Crippen LogP contribution in [0.5, 0.6) is 11.5 Å². The Kier molecular flexibility index (Phi) is 6.73. The van der Waals surface area contributed by atoms with Crippen molar-refractivity contribution in [2.75, 3.05) is 7.11 Å². The van der Waals surface area contributed by atoms with Crippen LogP contribution in [0.2, 0.25) is 0 Å². The molecule has 0 aliphatic rings. The molecule has 0 radical (unpaired) electrons. The van der Waals surface area contributed by atoms with Crippen molar-refractivity contribution in [3.05, 3.63) is 95.3 Å². The Morgan fingerprint density at radius 1 is 0.906 bits per heavy atom. The molecule has 0 aliphatic carbocycles. The predicted molar refractivity (Wildman–Crippen MR) is 124 cm³/mol. The maximum atomic E-state index is 8.99. The number of thioether (sulfide) groups is 1. The van der Waals surface area contributed by atoms with E-state index in [1.807, 2.05) is 84.3 Å². The quantitative estimate of drug-likeness (QED) is 0.344. The summed E-state index contributed by atoms with van der Waals surface area (Å²) in [5.74, 6) is 2.98. The number of aromatic nitrogens is 3. The molecular formula is C25H22N4O2S. The highest BCUT2D eigenvalue weighted by Crippen LogP contribution is 2.27. The molecule has 0 N–H and O–H groups in total. The Morgan fingerprint density at radius 3 is 2.25 bits per heavy atom. The van der Waals surface area contributed by atoms with Crippen molar-refractivity contribution in [1.82, 2.24) is 14.8 Å². The van der Waals surface area contributed by atoms with Gasteiger partial charge in [-0.3, -0.25) is 4.57 Å². The summed E-state index contributed by atoms with van der Waals surface area (Å²) in [7, 11) is 1.65. The van der Waals surface area contributed by atoms with E-state index in [4.69, 9.17) is 14.7 Å². The van der Waals surface area contributed by atoms with Gasteiger partial charge in [-0.15, -0.1) is 10.2 Å². The van der Waals surface area contributed by atoms with Gasteiger partial charge in [-0.2, -0.15) is 5.26 Å². The number of nitrogens with zero attached hydrogens (tertiary/aromatic N) is 4. The van der Waals surface area contributed by atoms with E-state index in [1.54, 1.807) is 18.9 Å². The maximum absolute atomic E-state index is 8.99. The molecule has 1 aromatic heterocycles. The minimum absolute atomic E-state index is 0.291. The van der Waals surface area contributed by atoms with Crippen molar-refractivity contribution >= 4 is 11.8 Å². The number of aryl methyl sites for hydroxylation is 1. The van der Waals surface area contributed by atoms with Gasteiger partial charge < -0.3 is 9.47 Å². The summed E-state index contributed by atoms with van der Waals surface area (Å²) >= 11 is 1.58. The first-order valence-electron chi connectivity index (χ1n) is 10.1. The van der Waals surface area contributed by atoms with Crippen LogP contribution < -0.4 is 9.47 Å². The zero-order chi connectivity index (χ0) is 22.3. The Balaban J connectivity index is 1.58. The van der Waals surface area contributed by atoms with Crippen LogP contribution in [0.1, 0.15) is 22.5 Å². The molecule has 1 heterocycles.